The molecule has 0 aliphatic rings. The summed E-state index contributed by atoms with van der Waals surface area (Å²) in [7, 11) is 0. The van der Waals surface area contributed by atoms with Crippen LogP contribution in [0.3, 0.4) is 0 Å². The van der Waals surface area contributed by atoms with E-state index in [1.54, 1.807) is 19.2 Å². The van der Waals surface area contributed by atoms with Crippen molar-refractivity contribution >= 4 is 0 Å². The second kappa shape index (κ2) is 6.43. The molecule has 0 bridgehead atoms. The number of hydrogen-bond acceptors (Lipinski definition) is 5. The zero-order valence-corrected chi connectivity index (χ0v) is 12.2. The average molecular weight is 314 g/mol. The van der Waals surface area contributed by atoms with Crippen LogP contribution in [0.15, 0.2) is 42.9 Å². The summed E-state index contributed by atoms with van der Waals surface area (Å²) in [5.41, 5.74) is 1.27. The van der Waals surface area contributed by atoms with Crippen LogP contribution in [0.1, 0.15) is 11.3 Å². The van der Waals surface area contributed by atoms with Gasteiger partial charge >= 0.3 is 0 Å². The fourth-order valence-electron chi connectivity index (χ4n) is 1.95. The summed E-state index contributed by atoms with van der Waals surface area (Å²) in [6.45, 7) is 1.64. The minimum atomic E-state index is -0.536. The van der Waals surface area contributed by atoms with Crippen molar-refractivity contribution < 1.29 is 13.5 Å². The van der Waals surface area contributed by atoms with Gasteiger partial charge in [0.25, 0.3) is 0 Å². The number of benzene rings is 1. The summed E-state index contributed by atoms with van der Waals surface area (Å²) in [5.74, 6) is -0.454. The van der Waals surface area contributed by atoms with Crippen molar-refractivity contribution in [1.82, 2.24) is 19.9 Å². The molecule has 0 N–H and O–H groups in total. The largest absolute Gasteiger partial charge is 0.473 e. The van der Waals surface area contributed by atoms with Gasteiger partial charge in [0.15, 0.2) is 5.82 Å². The van der Waals surface area contributed by atoms with Crippen molar-refractivity contribution in [3.05, 3.63) is 65.7 Å². The molecule has 3 aromatic rings. The Morgan fingerprint density at radius 3 is 2.74 bits per heavy atom. The van der Waals surface area contributed by atoms with Crippen molar-refractivity contribution in [2.45, 2.75) is 13.5 Å². The first-order valence-corrected chi connectivity index (χ1v) is 6.80. The van der Waals surface area contributed by atoms with E-state index in [1.165, 1.54) is 12.4 Å². The lowest BCUT2D eigenvalue weighted by atomic mass is 10.2. The van der Waals surface area contributed by atoms with Gasteiger partial charge in [-0.25, -0.2) is 18.7 Å². The molecule has 0 aliphatic carbocycles. The molecule has 0 radical (unpaired) electrons. The van der Waals surface area contributed by atoms with Crippen LogP contribution in [-0.2, 0) is 6.61 Å². The highest BCUT2D eigenvalue weighted by atomic mass is 19.1. The SMILES string of the molecule is Cc1cc(OCc2cc(F)ccc2F)nc(-c2cnccn2)n1. The van der Waals surface area contributed by atoms with Crippen molar-refractivity contribution in [3.63, 3.8) is 0 Å². The van der Waals surface area contributed by atoms with Crippen LogP contribution >= 0.6 is 0 Å². The maximum atomic E-state index is 13.6. The van der Waals surface area contributed by atoms with Gasteiger partial charge in [-0.05, 0) is 25.1 Å². The molecule has 0 fully saturated rings. The second-order valence-electron chi connectivity index (χ2n) is 4.79. The third-order valence-electron chi connectivity index (χ3n) is 3.01. The van der Waals surface area contributed by atoms with Crippen LogP contribution in [0.25, 0.3) is 11.5 Å². The molecule has 23 heavy (non-hydrogen) atoms. The van der Waals surface area contributed by atoms with E-state index in [-0.39, 0.29) is 18.1 Å². The van der Waals surface area contributed by atoms with E-state index in [0.717, 1.165) is 18.2 Å². The normalized spacial score (nSPS) is 10.6. The molecule has 0 atom stereocenters. The first-order chi connectivity index (χ1) is 11.1. The fraction of sp³-hybridized carbons (Fsp3) is 0.125. The number of hydrogen-bond donors (Lipinski definition) is 0. The molecule has 7 heteroatoms. The Hall–Kier alpha value is -2.96. The number of halogens is 2. The lowest BCUT2D eigenvalue weighted by Crippen LogP contribution is -2.03. The molecule has 0 saturated carbocycles. The molecule has 0 aliphatic heterocycles. The van der Waals surface area contributed by atoms with Gasteiger partial charge in [0.05, 0.1) is 6.20 Å². The van der Waals surface area contributed by atoms with E-state index < -0.39 is 11.6 Å². The minimum Gasteiger partial charge on any atom is -0.473 e. The van der Waals surface area contributed by atoms with E-state index in [1.807, 2.05) is 0 Å². The lowest BCUT2D eigenvalue weighted by molar-refractivity contribution is 0.287. The Kier molecular flexibility index (Phi) is 4.18. The fourth-order valence-corrected chi connectivity index (χ4v) is 1.95. The minimum absolute atomic E-state index is 0.113. The van der Waals surface area contributed by atoms with Gasteiger partial charge in [-0.1, -0.05) is 0 Å². The number of aromatic nitrogens is 4. The molecule has 2 aromatic heterocycles. The Bertz CT molecular complexity index is 828. The second-order valence-corrected chi connectivity index (χ2v) is 4.79. The summed E-state index contributed by atoms with van der Waals surface area (Å²) < 4.78 is 32.2. The number of rotatable bonds is 4. The molecule has 0 unspecified atom stereocenters. The molecule has 116 valence electrons. The average Bonchev–Trinajstić information content (AvgIpc) is 2.56. The van der Waals surface area contributed by atoms with E-state index in [2.05, 4.69) is 19.9 Å². The van der Waals surface area contributed by atoms with Crippen molar-refractivity contribution in [2.24, 2.45) is 0 Å². The van der Waals surface area contributed by atoms with Crippen LogP contribution in [0.2, 0.25) is 0 Å². The predicted molar refractivity (Wildman–Crippen MR) is 78.5 cm³/mol. The van der Waals surface area contributed by atoms with E-state index in [9.17, 15) is 8.78 Å². The Morgan fingerprint density at radius 2 is 1.96 bits per heavy atom. The standard InChI is InChI=1S/C16H12F2N4O/c1-10-6-15(22-16(21-10)14-8-19-4-5-20-14)23-9-11-7-12(17)2-3-13(11)18/h2-8H,9H2,1H3. The van der Waals surface area contributed by atoms with E-state index in [4.69, 9.17) is 4.74 Å². The van der Waals surface area contributed by atoms with E-state index >= 15 is 0 Å². The molecule has 0 spiro atoms. The number of ether oxygens (including phenoxy) is 1. The van der Waals surface area contributed by atoms with Gasteiger partial charge in [-0.3, -0.25) is 4.98 Å². The van der Waals surface area contributed by atoms with Gasteiger partial charge in [-0.15, -0.1) is 0 Å². The van der Waals surface area contributed by atoms with Crippen molar-refractivity contribution in [1.29, 1.82) is 0 Å². The Labute approximate surface area is 131 Å². The van der Waals surface area contributed by atoms with Gasteiger partial charge in [-0.2, -0.15) is 4.98 Å². The summed E-state index contributed by atoms with van der Waals surface area (Å²) in [6, 6.07) is 4.81. The molecular weight excluding hydrogens is 302 g/mol. The van der Waals surface area contributed by atoms with Crippen LogP contribution < -0.4 is 4.74 Å². The summed E-state index contributed by atoms with van der Waals surface area (Å²) in [5, 5.41) is 0. The number of nitrogens with zero attached hydrogens (tertiary/aromatic N) is 4. The van der Waals surface area contributed by atoms with Gasteiger partial charge in [0, 0.05) is 29.7 Å². The van der Waals surface area contributed by atoms with Gasteiger partial charge < -0.3 is 4.74 Å². The van der Waals surface area contributed by atoms with Crippen molar-refractivity contribution in [3.8, 4) is 17.4 Å². The molecule has 3 rings (SSSR count). The monoisotopic (exact) mass is 314 g/mol. The van der Waals surface area contributed by atoms with E-state index in [0.29, 0.717) is 17.2 Å². The molecular formula is C16H12F2N4O. The van der Waals surface area contributed by atoms with Crippen molar-refractivity contribution in [2.75, 3.05) is 0 Å². The lowest BCUT2D eigenvalue weighted by Gasteiger charge is -2.08. The summed E-state index contributed by atoms with van der Waals surface area (Å²) in [6.07, 6.45) is 4.61. The maximum absolute atomic E-state index is 13.6. The van der Waals surface area contributed by atoms with Crippen LogP contribution in [0.5, 0.6) is 5.88 Å². The third-order valence-corrected chi connectivity index (χ3v) is 3.01. The van der Waals surface area contributed by atoms with Gasteiger partial charge in [0.2, 0.25) is 5.88 Å². The summed E-state index contributed by atoms with van der Waals surface area (Å²) in [4.78, 5) is 16.6. The van der Waals surface area contributed by atoms with Crippen LogP contribution in [0, 0.1) is 18.6 Å². The highest BCUT2D eigenvalue weighted by molar-refractivity contribution is 5.48. The molecule has 0 saturated heterocycles. The Morgan fingerprint density at radius 1 is 1.09 bits per heavy atom. The van der Waals surface area contributed by atoms with Gasteiger partial charge in [0.1, 0.15) is 23.9 Å². The molecule has 2 heterocycles. The Balaban J connectivity index is 1.83. The molecule has 5 nitrogen and oxygen atoms in total. The smallest absolute Gasteiger partial charge is 0.217 e. The highest BCUT2D eigenvalue weighted by Crippen LogP contribution is 2.18. The van der Waals surface area contributed by atoms with Crippen LogP contribution in [-0.4, -0.2) is 19.9 Å². The molecule has 0 amide bonds. The zero-order chi connectivity index (χ0) is 16.2. The quantitative estimate of drug-likeness (QED) is 0.740. The third kappa shape index (κ3) is 3.63. The first-order valence-electron chi connectivity index (χ1n) is 6.80. The summed E-state index contributed by atoms with van der Waals surface area (Å²) >= 11 is 0. The zero-order valence-electron chi connectivity index (χ0n) is 12.2. The molecule has 1 aromatic carbocycles. The predicted octanol–water partition coefficient (Wildman–Crippen LogP) is 3.10. The first kappa shape index (κ1) is 15.0. The van der Waals surface area contributed by atoms with Crippen LogP contribution in [0.4, 0.5) is 8.78 Å². The highest BCUT2D eigenvalue weighted by Gasteiger charge is 2.09. The topological polar surface area (TPSA) is 60.8 Å². The maximum Gasteiger partial charge on any atom is 0.217 e. The number of aryl methyl sites for hydroxylation is 1.